The number of hydrogen-bond donors (Lipinski definition) is 1. The van der Waals surface area contributed by atoms with Crippen LogP contribution in [0.1, 0.15) is 48.5 Å². The van der Waals surface area contributed by atoms with Crippen molar-refractivity contribution >= 4 is 28.6 Å². The first-order valence-corrected chi connectivity index (χ1v) is 14.9. The number of aromatic nitrogens is 4. The van der Waals surface area contributed by atoms with E-state index in [2.05, 4.69) is 21.8 Å². The SMILES string of the molecule is COc1cc(Nc2nc(-c3ccc(C(=O)N4CCN(C)CC4)cc3)nc3c2ncn3C2CCCCC2)cc(OC)c1OC. The highest BCUT2D eigenvalue weighted by atomic mass is 16.5. The first kappa shape index (κ1) is 28.7. The Morgan fingerprint density at radius 2 is 1.56 bits per heavy atom. The number of piperazine rings is 1. The number of carbonyl (C=O) groups is 1. The summed E-state index contributed by atoms with van der Waals surface area (Å²) in [6.07, 6.45) is 7.74. The molecule has 1 saturated carbocycles. The Balaban J connectivity index is 1.38. The molecule has 0 atom stereocenters. The van der Waals surface area contributed by atoms with Gasteiger partial charge >= 0.3 is 0 Å². The summed E-state index contributed by atoms with van der Waals surface area (Å²) in [6.45, 7) is 3.23. The van der Waals surface area contributed by atoms with Crippen LogP contribution in [0.4, 0.5) is 11.5 Å². The Bertz CT molecular complexity index is 1560. The zero-order chi connectivity index (χ0) is 29.9. The molecule has 226 valence electrons. The fourth-order valence-corrected chi connectivity index (χ4v) is 6.00. The van der Waals surface area contributed by atoms with E-state index in [0.717, 1.165) is 50.2 Å². The molecule has 1 N–H and O–H groups in total. The minimum Gasteiger partial charge on any atom is -0.493 e. The predicted molar refractivity (Wildman–Crippen MR) is 166 cm³/mol. The highest BCUT2D eigenvalue weighted by Crippen LogP contribution is 2.41. The molecule has 4 aromatic rings. The second kappa shape index (κ2) is 12.5. The van der Waals surface area contributed by atoms with Crippen LogP contribution < -0.4 is 19.5 Å². The zero-order valence-corrected chi connectivity index (χ0v) is 25.3. The van der Waals surface area contributed by atoms with Crippen LogP contribution in [0.25, 0.3) is 22.6 Å². The van der Waals surface area contributed by atoms with Gasteiger partial charge in [-0.3, -0.25) is 4.79 Å². The fourth-order valence-electron chi connectivity index (χ4n) is 6.00. The van der Waals surface area contributed by atoms with Crippen LogP contribution in [0.3, 0.4) is 0 Å². The molecule has 1 aliphatic carbocycles. The summed E-state index contributed by atoms with van der Waals surface area (Å²) in [5.41, 5.74) is 3.66. The summed E-state index contributed by atoms with van der Waals surface area (Å²) >= 11 is 0. The molecule has 2 fully saturated rings. The van der Waals surface area contributed by atoms with Crippen LogP contribution in [-0.2, 0) is 0 Å². The maximum absolute atomic E-state index is 13.1. The quantitative estimate of drug-likeness (QED) is 0.300. The summed E-state index contributed by atoms with van der Waals surface area (Å²) in [5.74, 6) is 2.75. The fraction of sp³-hybridized carbons (Fsp3) is 0.438. The van der Waals surface area contributed by atoms with E-state index in [0.29, 0.717) is 51.7 Å². The van der Waals surface area contributed by atoms with E-state index >= 15 is 0 Å². The molecule has 0 bridgehead atoms. The maximum atomic E-state index is 13.1. The molecule has 2 aromatic carbocycles. The number of amides is 1. The Hall–Kier alpha value is -4.38. The van der Waals surface area contributed by atoms with Crippen LogP contribution in [0.2, 0.25) is 0 Å². The lowest BCUT2D eigenvalue weighted by atomic mass is 9.95. The van der Waals surface area contributed by atoms with E-state index in [9.17, 15) is 4.79 Å². The van der Waals surface area contributed by atoms with E-state index in [1.165, 1.54) is 19.3 Å². The summed E-state index contributed by atoms with van der Waals surface area (Å²) in [7, 11) is 6.84. The van der Waals surface area contributed by atoms with Crippen molar-refractivity contribution in [2.75, 3.05) is 59.9 Å². The van der Waals surface area contributed by atoms with Crippen molar-refractivity contribution in [2.45, 2.75) is 38.1 Å². The van der Waals surface area contributed by atoms with Crippen molar-refractivity contribution in [1.29, 1.82) is 0 Å². The van der Waals surface area contributed by atoms with Gasteiger partial charge < -0.3 is 33.9 Å². The molecular formula is C32H39N7O4. The van der Waals surface area contributed by atoms with E-state index in [4.69, 9.17) is 29.2 Å². The van der Waals surface area contributed by atoms with Gasteiger partial charge in [-0.15, -0.1) is 0 Å². The van der Waals surface area contributed by atoms with Crippen LogP contribution in [0, 0.1) is 0 Å². The number of carbonyl (C=O) groups excluding carboxylic acids is 1. The van der Waals surface area contributed by atoms with Gasteiger partial charge in [-0.2, -0.15) is 0 Å². The van der Waals surface area contributed by atoms with Gasteiger partial charge in [0.1, 0.15) is 0 Å². The number of methoxy groups -OCH3 is 3. The van der Waals surface area contributed by atoms with Crippen LogP contribution in [0.5, 0.6) is 17.2 Å². The third-order valence-corrected chi connectivity index (χ3v) is 8.50. The van der Waals surface area contributed by atoms with Gasteiger partial charge in [0, 0.05) is 61.2 Å². The minimum absolute atomic E-state index is 0.0520. The Morgan fingerprint density at radius 1 is 0.884 bits per heavy atom. The lowest BCUT2D eigenvalue weighted by Gasteiger charge is -2.32. The lowest BCUT2D eigenvalue weighted by molar-refractivity contribution is 0.0664. The van der Waals surface area contributed by atoms with Crippen molar-refractivity contribution < 1.29 is 19.0 Å². The number of hydrogen-bond acceptors (Lipinski definition) is 9. The Labute approximate surface area is 251 Å². The van der Waals surface area contributed by atoms with Crippen molar-refractivity contribution in [3.8, 4) is 28.6 Å². The standard InChI is InChI=1S/C32H39N7O4/c1-37-14-16-38(17-15-37)32(40)22-12-10-21(11-13-22)29-35-30(34-23-18-25(41-2)28(43-4)26(19-23)42-3)27-31(36-29)39(20-33-27)24-8-6-5-7-9-24/h10-13,18-20,24H,5-9,14-17H2,1-4H3,(H,34,35,36). The van der Waals surface area contributed by atoms with E-state index < -0.39 is 0 Å². The van der Waals surface area contributed by atoms with Crippen molar-refractivity contribution in [2.24, 2.45) is 0 Å². The van der Waals surface area contributed by atoms with Gasteiger partial charge in [0.15, 0.2) is 34.3 Å². The van der Waals surface area contributed by atoms with Crippen molar-refractivity contribution in [3.63, 3.8) is 0 Å². The third kappa shape index (κ3) is 5.81. The van der Waals surface area contributed by atoms with Gasteiger partial charge in [0.25, 0.3) is 5.91 Å². The number of nitrogens with one attached hydrogen (secondary N) is 1. The molecule has 2 aliphatic rings. The van der Waals surface area contributed by atoms with Gasteiger partial charge in [-0.05, 0) is 32.0 Å². The van der Waals surface area contributed by atoms with Crippen molar-refractivity contribution in [3.05, 3.63) is 48.3 Å². The van der Waals surface area contributed by atoms with Crippen molar-refractivity contribution in [1.82, 2.24) is 29.3 Å². The number of anilines is 2. The molecule has 11 heteroatoms. The third-order valence-electron chi connectivity index (χ3n) is 8.50. The van der Waals surface area contributed by atoms with Crippen LogP contribution >= 0.6 is 0 Å². The second-order valence-electron chi connectivity index (χ2n) is 11.2. The smallest absolute Gasteiger partial charge is 0.253 e. The molecule has 1 amide bonds. The van der Waals surface area contributed by atoms with E-state index in [-0.39, 0.29) is 5.91 Å². The first-order valence-electron chi connectivity index (χ1n) is 14.9. The molecule has 0 unspecified atom stereocenters. The lowest BCUT2D eigenvalue weighted by Crippen LogP contribution is -2.47. The summed E-state index contributed by atoms with van der Waals surface area (Å²) in [4.78, 5) is 32.0. The van der Waals surface area contributed by atoms with E-state index in [1.54, 1.807) is 21.3 Å². The number of ether oxygens (including phenoxy) is 3. The molecule has 2 aromatic heterocycles. The normalized spacial score (nSPS) is 16.3. The average molecular weight is 586 g/mol. The largest absolute Gasteiger partial charge is 0.493 e. The molecule has 0 radical (unpaired) electrons. The summed E-state index contributed by atoms with van der Waals surface area (Å²) < 4.78 is 18.8. The molecular weight excluding hydrogens is 546 g/mol. The van der Waals surface area contributed by atoms with Crippen LogP contribution in [0.15, 0.2) is 42.7 Å². The van der Waals surface area contributed by atoms with Gasteiger partial charge in [0.2, 0.25) is 5.75 Å². The number of likely N-dealkylation sites (N-methyl/N-ethyl adjacent to an activating group) is 1. The highest BCUT2D eigenvalue weighted by Gasteiger charge is 2.23. The zero-order valence-electron chi connectivity index (χ0n) is 25.3. The Morgan fingerprint density at radius 3 is 2.19 bits per heavy atom. The van der Waals surface area contributed by atoms with Gasteiger partial charge in [-0.25, -0.2) is 15.0 Å². The number of fused-ring (bicyclic) bond motifs is 1. The summed E-state index contributed by atoms with van der Waals surface area (Å²) in [5, 5.41) is 3.44. The number of imidazole rings is 1. The maximum Gasteiger partial charge on any atom is 0.253 e. The first-order chi connectivity index (χ1) is 21.0. The average Bonchev–Trinajstić information content (AvgIpc) is 3.49. The van der Waals surface area contributed by atoms with E-state index in [1.807, 2.05) is 47.6 Å². The monoisotopic (exact) mass is 585 g/mol. The van der Waals surface area contributed by atoms with Gasteiger partial charge in [0.05, 0.1) is 27.7 Å². The molecule has 6 rings (SSSR count). The predicted octanol–water partition coefficient (Wildman–Crippen LogP) is 5.16. The number of benzene rings is 2. The molecule has 1 saturated heterocycles. The van der Waals surface area contributed by atoms with Gasteiger partial charge in [-0.1, -0.05) is 31.4 Å². The molecule has 3 heterocycles. The highest BCUT2D eigenvalue weighted by molar-refractivity contribution is 5.95. The molecule has 1 aliphatic heterocycles. The topological polar surface area (TPSA) is 107 Å². The van der Waals surface area contributed by atoms with Crippen LogP contribution in [-0.4, -0.2) is 89.8 Å². The molecule has 11 nitrogen and oxygen atoms in total. The molecule has 0 spiro atoms. The minimum atomic E-state index is 0.0520. The second-order valence-corrected chi connectivity index (χ2v) is 11.2. The summed E-state index contributed by atoms with van der Waals surface area (Å²) in [6, 6.07) is 11.6. The molecule has 43 heavy (non-hydrogen) atoms. The Kier molecular flexibility index (Phi) is 8.33. The number of nitrogens with zero attached hydrogens (tertiary/aromatic N) is 6. The number of rotatable bonds is 8.